The molecule has 0 amide bonds. The van der Waals surface area contributed by atoms with Crippen LogP contribution in [0, 0.1) is 0 Å². The Bertz CT molecular complexity index is 902. The number of rotatable bonds is 2. The van der Waals surface area contributed by atoms with Gasteiger partial charge in [0.25, 0.3) is 0 Å². The minimum absolute atomic E-state index is 0.0671. The zero-order valence-corrected chi connectivity index (χ0v) is 16.9. The summed E-state index contributed by atoms with van der Waals surface area (Å²) in [6.45, 7) is 0. The summed E-state index contributed by atoms with van der Waals surface area (Å²) < 4.78 is 0. The molecule has 2 heterocycles. The van der Waals surface area contributed by atoms with Gasteiger partial charge in [-0.1, -0.05) is 47.5 Å². The van der Waals surface area contributed by atoms with Gasteiger partial charge in [-0.3, -0.25) is 0 Å². The van der Waals surface area contributed by atoms with E-state index >= 15 is 0 Å². The molecule has 0 aliphatic carbocycles. The van der Waals surface area contributed by atoms with Crippen LogP contribution in [0.4, 0.5) is 0 Å². The minimum Gasteiger partial charge on any atom is -0.352 e. The summed E-state index contributed by atoms with van der Waals surface area (Å²) in [4.78, 5) is 0. The highest BCUT2D eigenvalue weighted by molar-refractivity contribution is 7.99. The molecule has 2 aliphatic heterocycles. The van der Waals surface area contributed by atoms with Crippen molar-refractivity contribution in [3.8, 4) is 0 Å². The van der Waals surface area contributed by atoms with E-state index in [1.165, 1.54) is 16.7 Å². The van der Waals surface area contributed by atoms with Crippen LogP contribution in [0.25, 0.3) is 6.08 Å². The molecule has 6 heteroatoms. The lowest BCUT2D eigenvalue weighted by atomic mass is 9.93. The lowest BCUT2D eigenvalue weighted by molar-refractivity contribution is 0.694. The van der Waals surface area contributed by atoms with E-state index in [1.54, 1.807) is 0 Å². The predicted molar refractivity (Wildman–Crippen MR) is 117 cm³/mol. The number of thiocarbonyl (C=S) groups is 1. The molecular weight excluding hydrogens is 403 g/mol. The third kappa shape index (κ3) is 3.79. The number of halogens is 2. The summed E-state index contributed by atoms with van der Waals surface area (Å²) in [5.74, 6) is 1.91. The topological polar surface area (TPSA) is 24.1 Å². The number of nitrogens with one attached hydrogen (secondary N) is 2. The van der Waals surface area contributed by atoms with Gasteiger partial charge in [-0.15, -0.1) is 0 Å². The van der Waals surface area contributed by atoms with Crippen LogP contribution in [-0.2, 0) is 0 Å². The summed E-state index contributed by atoms with van der Waals surface area (Å²) in [5, 5.41) is 8.91. The molecular formula is C20H16Cl2N2S2. The Kier molecular flexibility index (Phi) is 5.28. The lowest BCUT2D eigenvalue weighted by Crippen LogP contribution is -2.45. The molecule has 0 bridgehead atoms. The van der Waals surface area contributed by atoms with Crippen LogP contribution in [0.2, 0.25) is 10.0 Å². The SMILES string of the molecule is S=C1NC2=C(CSC/C2=C/c2ccc(Cl)cc2)[C@@H](c2ccc(Cl)cc2)N1. The Morgan fingerprint density at radius 1 is 0.962 bits per heavy atom. The van der Waals surface area contributed by atoms with Crippen molar-refractivity contribution >= 4 is 58.4 Å². The molecule has 0 unspecified atom stereocenters. The van der Waals surface area contributed by atoms with Gasteiger partial charge in [-0.2, -0.15) is 11.8 Å². The molecule has 0 aromatic heterocycles. The van der Waals surface area contributed by atoms with Gasteiger partial charge in [0.1, 0.15) is 0 Å². The molecule has 1 atom stereocenters. The van der Waals surface area contributed by atoms with Crippen molar-refractivity contribution in [1.82, 2.24) is 10.6 Å². The van der Waals surface area contributed by atoms with Crippen molar-refractivity contribution in [3.05, 3.63) is 86.5 Å². The number of allylic oxidation sites excluding steroid dienone is 1. The molecule has 0 radical (unpaired) electrons. The van der Waals surface area contributed by atoms with Gasteiger partial charge in [-0.25, -0.2) is 0 Å². The standard InChI is InChI=1S/C20H16Cl2N2S2/c21-15-5-1-12(2-6-15)9-14-10-26-11-17-18(23-20(25)24-19(14)17)13-3-7-16(22)8-4-13/h1-9,18H,10-11H2,(H2,23,24,25)/b14-9-/t18-/m1/s1. The zero-order chi connectivity index (χ0) is 18.1. The van der Waals surface area contributed by atoms with Crippen molar-refractivity contribution in [3.63, 3.8) is 0 Å². The van der Waals surface area contributed by atoms with Gasteiger partial charge in [0.2, 0.25) is 0 Å². The van der Waals surface area contributed by atoms with Crippen LogP contribution in [0.15, 0.2) is 65.4 Å². The number of hydrogen-bond donors (Lipinski definition) is 2. The fourth-order valence-electron chi connectivity index (χ4n) is 3.19. The molecule has 0 spiro atoms. The van der Waals surface area contributed by atoms with Crippen molar-refractivity contribution in [2.24, 2.45) is 0 Å². The lowest BCUT2D eigenvalue weighted by Gasteiger charge is -2.35. The van der Waals surface area contributed by atoms with Gasteiger partial charge in [0, 0.05) is 27.2 Å². The molecule has 2 aromatic rings. The fourth-order valence-corrected chi connectivity index (χ4v) is 4.74. The van der Waals surface area contributed by atoms with E-state index in [4.69, 9.17) is 35.4 Å². The normalized spacial score (nSPS) is 21.2. The minimum atomic E-state index is 0.0671. The molecule has 132 valence electrons. The zero-order valence-electron chi connectivity index (χ0n) is 13.8. The smallest absolute Gasteiger partial charge is 0.171 e. The first-order valence-corrected chi connectivity index (χ1v) is 10.5. The predicted octanol–water partition coefficient (Wildman–Crippen LogP) is 5.60. The van der Waals surface area contributed by atoms with E-state index in [2.05, 4.69) is 28.8 Å². The Labute approximate surface area is 172 Å². The maximum Gasteiger partial charge on any atom is 0.171 e. The van der Waals surface area contributed by atoms with E-state index in [1.807, 2.05) is 48.2 Å². The van der Waals surface area contributed by atoms with Crippen LogP contribution in [0.3, 0.4) is 0 Å². The third-order valence-electron chi connectivity index (χ3n) is 4.43. The maximum atomic E-state index is 6.05. The van der Waals surface area contributed by atoms with E-state index in [0.717, 1.165) is 32.8 Å². The maximum absolute atomic E-state index is 6.05. The van der Waals surface area contributed by atoms with Crippen molar-refractivity contribution < 1.29 is 0 Å². The first kappa shape index (κ1) is 17.9. The first-order valence-electron chi connectivity index (χ1n) is 8.20. The number of benzene rings is 2. The Morgan fingerprint density at radius 3 is 2.31 bits per heavy atom. The summed E-state index contributed by atoms with van der Waals surface area (Å²) in [7, 11) is 0. The number of thioether (sulfide) groups is 1. The molecule has 0 fully saturated rings. The first-order chi connectivity index (χ1) is 12.6. The monoisotopic (exact) mass is 418 g/mol. The van der Waals surface area contributed by atoms with Gasteiger partial charge < -0.3 is 10.6 Å². The molecule has 26 heavy (non-hydrogen) atoms. The van der Waals surface area contributed by atoms with E-state index in [0.29, 0.717) is 5.11 Å². The summed E-state index contributed by atoms with van der Waals surface area (Å²) in [5.41, 5.74) is 6.01. The largest absolute Gasteiger partial charge is 0.352 e. The summed E-state index contributed by atoms with van der Waals surface area (Å²) in [6, 6.07) is 15.9. The molecule has 2 aliphatic rings. The Morgan fingerprint density at radius 2 is 1.62 bits per heavy atom. The molecule has 2 N–H and O–H groups in total. The quantitative estimate of drug-likeness (QED) is 0.619. The van der Waals surface area contributed by atoms with E-state index in [-0.39, 0.29) is 6.04 Å². The highest BCUT2D eigenvalue weighted by atomic mass is 35.5. The second-order valence-corrected chi connectivity index (χ2v) is 8.46. The van der Waals surface area contributed by atoms with Crippen molar-refractivity contribution in [1.29, 1.82) is 0 Å². The molecule has 4 rings (SSSR count). The van der Waals surface area contributed by atoms with E-state index in [9.17, 15) is 0 Å². The highest BCUT2D eigenvalue weighted by Gasteiger charge is 2.30. The molecule has 0 saturated heterocycles. The number of hydrogen-bond acceptors (Lipinski definition) is 2. The highest BCUT2D eigenvalue weighted by Crippen LogP contribution is 2.37. The van der Waals surface area contributed by atoms with Gasteiger partial charge in [-0.05, 0) is 64.8 Å². The molecule has 2 aromatic carbocycles. The van der Waals surface area contributed by atoms with Gasteiger partial charge in [0.15, 0.2) is 5.11 Å². The van der Waals surface area contributed by atoms with Gasteiger partial charge >= 0.3 is 0 Å². The second kappa shape index (κ2) is 7.65. The van der Waals surface area contributed by atoms with Crippen molar-refractivity contribution in [2.45, 2.75) is 6.04 Å². The van der Waals surface area contributed by atoms with Crippen LogP contribution < -0.4 is 10.6 Å². The van der Waals surface area contributed by atoms with Crippen LogP contribution in [0.1, 0.15) is 17.2 Å². The average molecular weight is 419 g/mol. The third-order valence-corrected chi connectivity index (χ3v) is 6.19. The summed E-state index contributed by atoms with van der Waals surface area (Å²) >= 11 is 19.4. The van der Waals surface area contributed by atoms with Gasteiger partial charge in [0.05, 0.1) is 6.04 Å². The van der Waals surface area contributed by atoms with Crippen molar-refractivity contribution in [2.75, 3.05) is 11.5 Å². The van der Waals surface area contributed by atoms with Crippen LogP contribution in [0.5, 0.6) is 0 Å². The average Bonchev–Trinajstić information content (AvgIpc) is 2.64. The Hall–Kier alpha value is -1.46. The second-order valence-electron chi connectivity index (χ2n) is 6.20. The fraction of sp³-hybridized carbons (Fsp3) is 0.150. The van der Waals surface area contributed by atoms with Crippen LogP contribution in [-0.4, -0.2) is 16.6 Å². The summed E-state index contributed by atoms with van der Waals surface area (Å²) in [6.07, 6.45) is 2.21. The van der Waals surface area contributed by atoms with E-state index < -0.39 is 0 Å². The van der Waals surface area contributed by atoms with Crippen LogP contribution >= 0.6 is 47.2 Å². The Balaban J connectivity index is 1.75. The molecule has 0 saturated carbocycles. The molecule has 2 nitrogen and oxygen atoms in total.